The minimum Gasteiger partial charge on any atom is -0.426 e. The molecule has 6 heteroatoms. The van der Waals surface area contributed by atoms with Gasteiger partial charge in [0.2, 0.25) is 0 Å². The van der Waals surface area contributed by atoms with E-state index in [0.29, 0.717) is 11.0 Å². The van der Waals surface area contributed by atoms with Crippen molar-refractivity contribution < 1.29 is 23.9 Å². The minimum atomic E-state index is -0.787. The van der Waals surface area contributed by atoms with Crippen molar-refractivity contribution in [2.45, 2.75) is 12.5 Å². The van der Waals surface area contributed by atoms with E-state index in [-0.39, 0.29) is 23.6 Å². The lowest BCUT2D eigenvalue weighted by molar-refractivity contribution is -0.873. The molecule has 1 rings (SSSR count). The van der Waals surface area contributed by atoms with Gasteiger partial charge in [0, 0.05) is 7.05 Å². The monoisotopic (exact) mass is 295 g/mol. The van der Waals surface area contributed by atoms with E-state index in [0.717, 1.165) is 0 Å². The lowest BCUT2D eigenvalue weighted by Crippen LogP contribution is -2.42. The number of ether oxygens (including phenoxy) is 1. The average molecular weight is 295 g/mol. The number of benzene rings is 1. The van der Waals surface area contributed by atoms with Crippen LogP contribution in [0.4, 0.5) is 0 Å². The third-order valence-corrected chi connectivity index (χ3v) is 2.74. The van der Waals surface area contributed by atoms with Gasteiger partial charge in [-0.1, -0.05) is 12.1 Å². The van der Waals surface area contributed by atoms with E-state index in [1.807, 2.05) is 21.1 Å². The maximum absolute atomic E-state index is 11.9. The largest absolute Gasteiger partial charge is 0.426 e. The van der Waals surface area contributed by atoms with Crippen molar-refractivity contribution in [2.24, 2.45) is 0 Å². The van der Waals surface area contributed by atoms with Crippen LogP contribution in [0.25, 0.3) is 0 Å². The Morgan fingerprint density at radius 1 is 1.29 bits per heavy atom. The van der Waals surface area contributed by atoms with Gasteiger partial charge in [-0.3, -0.25) is 9.59 Å². The Balaban J connectivity index is 2.69. The van der Waals surface area contributed by atoms with Crippen LogP contribution in [-0.4, -0.2) is 62.3 Å². The first-order chi connectivity index (χ1) is 9.73. The summed E-state index contributed by atoms with van der Waals surface area (Å²) >= 11 is 0. The number of amides is 1. The van der Waals surface area contributed by atoms with Crippen LogP contribution in [0.5, 0.6) is 5.75 Å². The third-order valence-electron chi connectivity index (χ3n) is 2.74. The zero-order chi connectivity index (χ0) is 16.0. The molecule has 0 saturated carbocycles. The van der Waals surface area contributed by atoms with E-state index in [2.05, 4.69) is 5.32 Å². The first-order valence-corrected chi connectivity index (χ1v) is 6.73. The van der Waals surface area contributed by atoms with Crippen molar-refractivity contribution in [3.63, 3.8) is 0 Å². The summed E-state index contributed by atoms with van der Waals surface area (Å²) in [6.07, 6.45) is -0.901. The van der Waals surface area contributed by atoms with Gasteiger partial charge in [-0.25, -0.2) is 0 Å². The molecule has 0 radical (unpaired) electrons. The second-order valence-electron chi connectivity index (χ2n) is 5.88. The van der Waals surface area contributed by atoms with Crippen LogP contribution in [0, 0.1) is 0 Å². The number of nitrogens with zero attached hydrogens (tertiary/aromatic N) is 1. The summed E-state index contributed by atoms with van der Waals surface area (Å²) in [5.74, 6) is -0.697. The van der Waals surface area contributed by atoms with Crippen LogP contribution >= 0.6 is 0 Å². The quantitative estimate of drug-likeness (QED) is 0.453. The van der Waals surface area contributed by atoms with Gasteiger partial charge in [-0.2, -0.15) is 0 Å². The first kappa shape index (κ1) is 17.1. The van der Waals surface area contributed by atoms with E-state index >= 15 is 0 Å². The van der Waals surface area contributed by atoms with Crippen LogP contribution in [0.15, 0.2) is 24.3 Å². The van der Waals surface area contributed by atoms with Gasteiger partial charge in [0.25, 0.3) is 5.91 Å². The van der Waals surface area contributed by atoms with E-state index < -0.39 is 12.1 Å². The normalized spacial score (nSPS) is 12.6. The molecule has 1 unspecified atom stereocenters. The second-order valence-corrected chi connectivity index (χ2v) is 5.88. The van der Waals surface area contributed by atoms with E-state index in [1.165, 1.54) is 7.05 Å². The van der Waals surface area contributed by atoms with Crippen LogP contribution in [0.3, 0.4) is 0 Å². The topological polar surface area (TPSA) is 75.6 Å². The van der Waals surface area contributed by atoms with Gasteiger partial charge in [0.1, 0.15) is 18.4 Å². The molecule has 1 aromatic carbocycles. The lowest BCUT2D eigenvalue weighted by Gasteiger charge is -2.26. The van der Waals surface area contributed by atoms with Crippen LogP contribution < -0.4 is 10.1 Å². The highest BCUT2D eigenvalue weighted by Gasteiger charge is 2.21. The second kappa shape index (κ2) is 7.19. The predicted molar refractivity (Wildman–Crippen MR) is 79.0 cm³/mol. The Bertz CT molecular complexity index is 509. The number of nitrogens with one attached hydrogen (secondary N) is 1. The number of carbonyl (C=O) groups excluding carboxylic acids is 2. The van der Waals surface area contributed by atoms with Gasteiger partial charge >= 0.3 is 5.97 Å². The Labute approximate surface area is 124 Å². The molecule has 116 valence electrons. The summed E-state index contributed by atoms with van der Waals surface area (Å²) < 4.78 is 5.73. The maximum Gasteiger partial charge on any atom is 0.314 e. The molecule has 0 aromatic heterocycles. The fraction of sp³-hybridized carbons (Fsp3) is 0.467. The van der Waals surface area contributed by atoms with Crippen LogP contribution in [-0.2, 0) is 4.79 Å². The number of carbonyl (C=O) groups is 2. The molecular formula is C15H23N2O4+. The molecule has 0 bridgehead atoms. The molecule has 0 aliphatic carbocycles. The van der Waals surface area contributed by atoms with Gasteiger partial charge in [-0.05, 0) is 12.1 Å². The molecule has 0 heterocycles. The summed E-state index contributed by atoms with van der Waals surface area (Å²) in [6.45, 7) is 0.437. The molecule has 21 heavy (non-hydrogen) atoms. The maximum atomic E-state index is 11.9. The summed E-state index contributed by atoms with van der Waals surface area (Å²) in [7, 11) is 7.28. The zero-order valence-electron chi connectivity index (χ0n) is 12.9. The third kappa shape index (κ3) is 5.93. The summed E-state index contributed by atoms with van der Waals surface area (Å²) in [4.78, 5) is 23.5. The highest BCUT2D eigenvalue weighted by atomic mass is 16.5. The van der Waals surface area contributed by atoms with Crippen molar-refractivity contribution in [1.29, 1.82) is 0 Å². The van der Waals surface area contributed by atoms with Crippen molar-refractivity contribution in [3.05, 3.63) is 29.8 Å². The molecule has 1 amide bonds. The van der Waals surface area contributed by atoms with Gasteiger partial charge in [0.05, 0.1) is 33.1 Å². The fourth-order valence-electron chi connectivity index (χ4n) is 1.93. The molecule has 0 spiro atoms. The Hall–Kier alpha value is -1.92. The molecular weight excluding hydrogens is 272 g/mol. The highest BCUT2D eigenvalue weighted by Crippen LogP contribution is 2.18. The standard InChI is InChI=1S/C15H22N2O4/c1-16-15(20)12-7-5-6-8-13(12)21-14(19)9-11(18)10-17(2,3)4/h5-8,11,18H,9-10H2,1-4H3/p+1. The number of aliphatic hydroxyl groups excluding tert-OH is 1. The number of likely N-dealkylation sites (N-methyl/N-ethyl adjacent to an activating group) is 1. The van der Waals surface area contributed by atoms with Gasteiger partial charge < -0.3 is 19.6 Å². The highest BCUT2D eigenvalue weighted by molar-refractivity contribution is 5.97. The summed E-state index contributed by atoms with van der Waals surface area (Å²) in [5, 5.41) is 12.3. The summed E-state index contributed by atoms with van der Waals surface area (Å²) in [5.41, 5.74) is 0.287. The van der Waals surface area contributed by atoms with Gasteiger partial charge in [-0.15, -0.1) is 0 Å². The Morgan fingerprint density at radius 2 is 1.90 bits per heavy atom. The summed E-state index contributed by atoms with van der Waals surface area (Å²) in [6, 6.07) is 6.49. The van der Waals surface area contributed by atoms with Crippen molar-refractivity contribution in [3.8, 4) is 5.75 Å². The molecule has 1 aromatic rings. The lowest BCUT2D eigenvalue weighted by atomic mass is 10.2. The number of hydrogen-bond acceptors (Lipinski definition) is 4. The number of aliphatic hydroxyl groups is 1. The van der Waals surface area contributed by atoms with Gasteiger partial charge in [0.15, 0.2) is 0 Å². The molecule has 0 aliphatic heterocycles. The van der Waals surface area contributed by atoms with Crippen molar-refractivity contribution in [2.75, 3.05) is 34.7 Å². The van der Waals surface area contributed by atoms with Crippen LogP contribution in [0.2, 0.25) is 0 Å². The number of para-hydroxylation sites is 1. The number of rotatable bonds is 6. The minimum absolute atomic E-state index is 0.113. The van der Waals surface area contributed by atoms with Crippen LogP contribution in [0.1, 0.15) is 16.8 Å². The first-order valence-electron chi connectivity index (χ1n) is 6.73. The Kier molecular flexibility index (Phi) is 5.87. The number of hydrogen-bond donors (Lipinski definition) is 2. The molecule has 6 nitrogen and oxygen atoms in total. The Morgan fingerprint density at radius 3 is 2.48 bits per heavy atom. The van der Waals surface area contributed by atoms with E-state index in [1.54, 1.807) is 24.3 Å². The van der Waals surface area contributed by atoms with Crippen molar-refractivity contribution >= 4 is 11.9 Å². The fourth-order valence-corrected chi connectivity index (χ4v) is 1.93. The molecule has 1 atom stereocenters. The SMILES string of the molecule is CNC(=O)c1ccccc1OC(=O)CC(O)C[N+](C)(C)C. The average Bonchev–Trinajstić information content (AvgIpc) is 2.35. The molecule has 0 aliphatic rings. The number of esters is 1. The molecule has 0 saturated heterocycles. The van der Waals surface area contributed by atoms with Crippen molar-refractivity contribution in [1.82, 2.24) is 5.32 Å². The zero-order valence-corrected chi connectivity index (χ0v) is 12.9. The van der Waals surface area contributed by atoms with E-state index in [4.69, 9.17) is 4.74 Å². The predicted octanol–water partition coefficient (Wildman–Crippen LogP) is 0.409. The van der Waals surface area contributed by atoms with E-state index in [9.17, 15) is 14.7 Å². The molecule has 0 fully saturated rings. The molecule has 2 N–H and O–H groups in total. The number of quaternary nitrogens is 1. The smallest absolute Gasteiger partial charge is 0.314 e.